The summed E-state index contributed by atoms with van der Waals surface area (Å²) in [5.74, 6) is -2.06. The number of nitrogens with one attached hydrogen (secondary N) is 2. The third kappa shape index (κ3) is 12.7. The minimum absolute atomic E-state index is 0.0811. The molecule has 0 aliphatic rings. The van der Waals surface area contributed by atoms with Gasteiger partial charge in [0.15, 0.2) is 11.1 Å². The van der Waals surface area contributed by atoms with Crippen molar-refractivity contribution in [2.75, 3.05) is 12.3 Å². The van der Waals surface area contributed by atoms with Crippen LogP contribution in [-0.4, -0.2) is 58.3 Å². The van der Waals surface area contributed by atoms with E-state index in [4.69, 9.17) is 11.5 Å². The van der Waals surface area contributed by atoms with E-state index in [1.165, 1.54) is 13.8 Å². The highest BCUT2D eigenvalue weighted by molar-refractivity contribution is 8.13. The molecule has 7 N–H and O–H groups in total. The number of aliphatic carboxylic acids is 1. The summed E-state index contributed by atoms with van der Waals surface area (Å²) in [7, 11) is 0. The third-order valence-electron chi connectivity index (χ3n) is 3.93. The predicted octanol–water partition coefficient (Wildman–Crippen LogP) is 0.0561. The van der Waals surface area contributed by atoms with Crippen molar-refractivity contribution in [2.45, 2.75) is 59.0 Å². The fourth-order valence-corrected chi connectivity index (χ4v) is 3.22. The first kappa shape index (κ1) is 26.7. The average molecular weight is 432 g/mol. The van der Waals surface area contributed by atoms with E-state index in [0.717, 1.165) is 11.8 Å². The van der Waals surface area contributed by atoms with Gasteiger partial charge in [-0.3, -0.25) is 19.4 Å². The number of nitrogens with two attached hydrogens (primary N) is 2. The summed E-state index contributed by atoms with van der Waals surface area (Å²) in [6.07, 6.45) is 1.08. The molecule has 11 heteroatoms. The number of rotatable bonds is 13. The van der Waals surface area contributed by atoms with Crippen LogP contribution >= 0.6 is 11.8 Å². The van der Waals surface area contributed by atoms with Gasteiger partial charge < -0.3 is 27.2 Å². The second-order valence-electron chi connectivity index (χ2n) is 7.21. The Kier molecular flexibility index (Phi) is 12.7. The number of carbonyl (C=O) groups excluding carboxylic acids is 3. The molecule has 0 aromatic rings. The molecule has 29 heavy (non-hydrogen) atoms. The van der Waals surface area contributed by atoms with Crippen LogP contribution in [0.4, 0.5) is 0 Å². The number of carboxylic acid groups (broad SMARTS) is 1. The van der Waals surface area contributed by atoms with Gasteiger partial charge in [-0.2, -0.15) is 0 Å². The van der Waals surface area contributed by atoms with Gasteiger partial charge in [-0.05, 0) is 32.1 Å². The molecule has 0 aliphatic heterocycles. The van der Waals surface area contributed by atoms with Crippen LogP contribution in [0.2, 0.25) is 0 Å². The largest absolute Gasteiger partial charge is 0.480 e. The Morgan fingerprint density at radius 2 is 1.69 bits per heavy atom. The maximum Gasteiger partial charge on any atom is 0.326 e. The maximum absolute atomic E-state index is 12.5. The molecule has 2 amide bonds. The van der Waals surface area contributed by atoms with Crippen molar-refractivity contribution in [1.29, 1.82) is 0 Å². The Morgan fingerprint density at radius 3 is 2.17 bits per heavy atom. The second-order valence-corrected chi connectivity index (χ2v) is 8.40. The molecule has 0 rings (SSSR count). The molecule has 0 aliphatic carbocycles. The molecular weight excluding hydrogens is 398 g/mol. The second kappa shape index (κ2) is 13.8. The summed E-state index contributed by atoms with van der Waals surface area (Å²) in [6, 6.07) is -2.03. The van der Waals surface area contributed by atoms with Gasteiger partial charge in [0.25, 0.3) is 0 Å². The molecule has 0 radical (unpaired) electrons. The molecule has 0 bridgehead atoms. The molecule has 1 unspecified atom stereocenters. The Hall–Kier alpha value is -2.30. The highest BCUT2D eigenvalue weighted by Crippen LogP contribution is 2.18. The Bertz CT molecular complexity index is 607. The summed E-state index contributed by atoms with van der Waals surface area (Å²) >= 11 is 1.07. The molecule has 0 fully saturated rings. The number of hydrogen-bond acceptors (Lipinski definition) is 6. The molecular formula is C18H33N5O5S. The molecule has 0 heterocycles. The first-order valence-corrected chi connectivity index (χ1v) is 10.4. The summed E-state index contributed by atoms with van der Waals surface area (Å²) < 4.78 is 0. The number of aliphatic imine (C=N–C) groups is 1. The zero-order valence-corrected chi connectivity index (χ0v) is 18.3. The molecule has 3 atom stereocenters. The summed E-state index contributed by atoms with van der Waals surface area (Å²) in [5, 5.41) is 14.2. The minimum Gasteiger partial charge on any atom is -0.480 e. The third-order valence-corrected chi connectivity index (χ3v) is 4.90. The van der Waals surface area contributed by atoms with Crippen LogP contribution in [0.5, 0.6) is 0 Å². The van der Waals surface area contributed by atoms with Gasteiger partial charge in [0.1, 0.15) is 12.1 Å². The van der Waals surface area contributed by atoms with Gasteiger partial charge in [0.05, 0.1) is 0 Å². The zero-order valence-electron chi connectivity index (χ0n) is 17.4. The van der Waals surface area contributed by atoms with Crippen molar-refractivity contribution in [3.63, 3.8) is 0 Å². The SMILES string of the molecule is CC(=O)SCC(CC(C)C)C(=O)N[C@@H](C)C(=O)N[C@@H](CCCN=C(N)N)C(=O)O. The topological polar surface area (TPSA) is 177 Å². The van der Waals surface area contributed by atoms with Gasteiger partial charge in [-0.15, -0.1) is 0 Å². The molecule has 0 aromatic heterocycles. The lowest BCUT2D eigenvalue weighted by Crippen LogP contribution is -2.51. The molecule has 0 spiro atoms. The average Bonchev–Trinajstić information content (AvgIpc) is 2.59. The first-order valence-electron chi connectivity index (χ1n) is 9.46. The predicted molar refractivity (Wildman–Crippen MR) is 113 cm³/mol. The van der Waals surface area contributed by atoms with Crippen LogP contribution in [0.25, 0.3) is 0 Å². The van der Waals surface area contributed by atoms with E-state index in [-0.39, 0.29) is 35.9 Å². The lowest BCUT2D eigenvalue weighted by molar-refractivity contribution is -0.142. The molecule has 166 valence electrons. The van der Waals surface area contributed by atoms with E-state index < -0.39 is 29.9 Å². The fraction of sp³-hybridized carbons (Fsp3) is 0.722. The van der Waals surface area contributed by atoms with Crippen molar-refractivity contribution >= 4 is 40.6 Å². The zero-order chi connectivity index (χ0) is 22.6. The van der Waals surface area contributed by atoms with Crippen LogP contribution in [0, 0.1) is 11.8 Å². The Labute approximate surface area is 175 Å². The number of nitrogens with zero attached hydrogens (tertiary/aromatic N) is 1. The van der Waals surface area contributed by atoms with E-state index in [2.05, 4.69) is 15.6 Å². The van der Waals surface area contributed by atoms with Crippen LogP contribution in [0.3, 0.4) is 0 Å². The highest BCUT2D eigenvalue weighted by atomic mass is 32.2. The molecule has 10 nitrogen and oxygen atoms in total. The molecule has 0 saturated carbocycles. The smallest absolute Gasteiger partial charge is 0.326 e. The van der Waals surface area contributed by atoms with Gasteiger partial charge in [-0.1, -0.05) is 25.6 Å². The van der Waals surface area contributed by atoms with Crippen molar-refractivity contribution < 1.29 is 24.3 Å². The lowest BCUT2D eigenvalue weighted by Gasteiger charge is -2.22. The maximum atomic E-state index is 12.5. The number of carboxylic acids is 1. The quantitative estimate of drug-likeness (QED) is 0.154. The standard InChI is InChI=1S/C18H33N5O5S/c1-10(2)8-13(9-29-12(4)24)16(26)22-11(3)15(25)23-14(17(27)28)6-5-7-21-18(19)20/h10-11,13-14H,5-9H2,1-4H3,(H,22,26)(H,23,25)(H,27,28)(H4,19,20,21)/t11-,13?,14-/m0/s1. The van der Waals surface area contributed by atoms with Crippen molar-refractivity contribution in [3.8, 4) is 0 Å². The van der Waals surface area contributed by atoms with Gasteiger partial charge in [-0.25, -0.2) is 4.79 Å². The number of hydrogen-bond donors (Lipinski definition) is 5. The fourth-order valence-electron chi connectivity index (χ4n) is 2.49. The summed E-state index contributed by atoms with van der Waals surface area (Å²) in [6.45, 7) is 7.10. The van der Waals surface area contributed by atoms with Crippen molar-refractivity contribution in [2.24, 2.45) is 28.3 Å². The monoisotopic (exact) mass is 431 g/mol. The molecule has 0 saturated heterocycles. The number of guanidine groups is 1. The molecule has 0 aromatic carbocycles. The van der Waals surface area contributed by atoms with Crippen LogP contribution < -0.4 is 22.1 Å². The lowest BCUT2D eigenvalue weighted by atomic mass is 9.97. The van der Waals surface area contributed by atoms with Crippen LogP contribution in [-0.2, 0) is 19.2 Å². The summed E-state index contributed by atoms with van der Waals surface area (Å²) in [5.41, 5.74) is 10.4. The number of thioether (sulfide) groups is 1. The van der Waals surface area contributed by atoms with Crippen LogP contribution in [0.15, 0.2) is 4.99 Å². The van der Waals surface area contributed by atoms with Crippen molar-refractivity contribution in [1.82, 2.24) is 10.6 Å². The minimum atomic E-state index is -1.18. The summed E-state index contributed by atoms with van der Waals surface area (Å²) in [4.78, 5) is 51.2. The Morgan fingerprint density at radius 1 is 1.07 bits per heavy atom. The van der Waals surface area contributed by atoms with E-state index in [1.54, 1.807) is 0 Å². The van der Waals surface area contributed by atoms with E-state index in [1.807, 2.05) is 13.8 Å². The van der Waals surface area contributed by atoms with E-state index >= 15 is 0 Å². The van der Waals surface area contributed by atoms with E-state index in [9.17, 15) is 24.3 Å². The number of amides is 2. The van der Waals surface area contributed by atoms with Gasteiger partial charge >= 0.3 is 5.97 Å². The highest BCUT2D eigenvalue weighted by Gasteiger charge is 2.27. The Balaban J connectivity index is 4.79. The van der Waals surface area contributed by atoms with Crippen molar-refractivity contribution in [3.05, 3.63) is 0 Å². The normalized spacial score (nSPS) is 13.8. The number of carbonyl (C=O) groups is 4. The van der Waals surface area contributed by atoms with E-state index in [0.29, 0.717) is 18.6 Å². The van der Waals surface area contributed by atoms with Gasteiger partial charge in [0.2, 0.25) is 11.8 Å². The first-order chi connectivity index (χ1) is 13.4. The van der Waals surface area contributed by atoms with Gasteiger partial charge in [0, 0.05) is 25.1 Å². The van der Waals surface area contributed by atoms with Crippen LogP contribution in [0.1, 0.15) is 47.0 Å².